The van der Waals surface area contributed by atoms with Gasteiger partial charge in [-0.05, 0) is 69.5 Å². The summed E-state index contributed by atoms with van der Waals surface area (Å²) in [5.41, 5.74) is 4.15. The number of aryl methyl sites for hydroxylation is 3. The van der Waals surface area contributed by atoms with Gasteiger partial charge in [-0.25, -0.2) is 8.42 Å². The highest BCUT2D eigenvalue weighted by Gasteiger charge is 2.27. The highest BCUT2D eigenvalue weighted by molar-refractivity contribution is 7.89. The molecule has 0 aliphatic carbocycles. The summed E-state index contributed by atoms with van der Waals surface area (Å²) in [6.45, 7) is 6.66. The Balaban J connectivity index is 1.64. The Morgan fingerprint density at radius 2 is 1.71 bits per heavy atom. The summed E-state index contributed by atoms with van der Waals surface area (Å²) in [5, 5.41) is 3.76. The molecule has 1 saturated heterocycles. The van der Waals surface area contributed by atoms with Crippen LogP contribution in [0.1, 0.15) is 46.4 Å². The van der Waals surface area contributed by atoms with Crippen LogP contribution in [0, 0.1) is 20.8 Å². The zero-order valence-corrected chi connectivity index (χ0v) is 18.9. The molecule has 4 rings (SSSR count). The van der Waals surface area contributed by atoms with Crippen LogP contribution in [0.2, 0.25) is 0 Å². The number of nitrogens with zero attached hydrogens (tertiary/aromatic N) is 2. The number of carbonyl (C=O) groups is 1. The molecule has 1 aliphatic heterocycles. The van der Waals surface area contributed by atoms with Gasteiger partial charge in [-0.1, -0.05) is 24.1 Å². The summed E-state index contributed by atoms with van der Waals surface area (Å²) in [6.07, 6.45) is 2.81. The number of benzene rings is 2. The van der Waals surface area contributed by atoms with E-state index in [1.807, 2.05) is 31.2 Å². The van der Waals surface area contributed by atoms with Crippen LogP contribution in [-0.2, 0) is 10.0 Å². The van der Waals surface area contributed by atoms with Crippen molar-refractivity contribution in [2.75, 3.05) is 18.4 Å². The number of hydrogen-bond acceptors (Lipinski definition) is 4. The molecule has 6 nitrogen and oxygen atoms in total. The van der Waals surface area contributed by atoms with Gasteiger partial charge in [-0.15, -0.1) is 0 Å². The Morgan fingerprint density at radius 1 is 0.968 bits per heavy atom. The number of amides is 1. The Labute approximate surface area is 183 Å². The average Bonchev–Trinajstić information content (AvgIpc) is 2.75. The molecular formula is C24H27N3O3S. The van der Waals surface area contributed by atoms with E-state index in [1.165, 1.54) is 0 Å². The second kappa shape index (κ2) is 8.40. The second-order valence-corrected chi connectivity index (χ2v) is 10.1. The fourth-order valence-electron chi connectivity index (χ4n) is 4.02. The van der Waals surface area contributed by atoms with Crippen molar-refractivity contribution in [2.45, 2.75) is 44.9 Å². The van der Waals surface area contributed by atoms with E-state index < -0.39 is 10.0 Å². The van der Waals surface area contributed by atoms with Gasteiger partial charge in [0.15, 0.2) is 0 Å². The van der Waals surface area contributed by atoms with Crippen LogP contribution >= 0.6 is 0 Å². The van der Waals surface area contributed by atoms with E-state index in [2.05, 4.69) is 10.3 Å². The summed E-state index contributed by atoms with van der Waals surface area (Å²) in [4.78, 5) is 17.8. The highest BCUT2D eigenvalue weighted by Crippen LogP contribution is 2.27. The minimum Gasteiger partial charge on any atom is -0.322 e. The Kier molecular flexibility index (Phi) is 5.81. The van der Waals surface area contributed by atoms with Crippen LogP contribution in [0.3, 0.4) is 0 Å². The van der Waals surface area contributed by atoms with E-state index in [0.717, 1.165) is 35.7 Å². The number of fused-ring (bicyclic) bond motifs is 1. The number of nitrogens with one attached hydrogen (secondary N) is 1. The van der Waals surface area contributed by atoms with Gasteiger partial charge in [0, 0.05) is 24.2 Å². The van der Waals surface area contributed by atoms with Gasteiger partial charge in [-0.3, -0.25) is 9.78 Å². The van der Waals surface area contributed by atoms with Crippen molar-refractivity contribution in [2.24, 2.45) is 0 Å². The predicted molar refractivity (Wildman–Crippen MR) is 123 cm³/mol. The molecule has 1 fully saturated rings. The zero-order chi connectivity index (χ0) is 22.2. The van der Waals surface area contributed by atoms with Crippen molar-refractivity contribution >= 4 is 32.5 Å². The number of pyridine rings is 1. The van der Waals surface area contributed by atoms with Crippen LogP contribution in [0.15, 0.2) is 47.4 Å². The third-order valence-electron chi connectivity index (χ3n) is 5.78. The summed E-state index contributed by atoms with van der Waals surface area (Å²) in [6, 6.07) is 12.8. The molecule has 2 heterocycles. The molecule has 1 amide bonds. The number of rotatable bonds is 4. The second-order valence-electron chi connectivity index (χ2n) is 8.22. The summed E-state index contributed by atoms with van der Waals surface area (Å²) >= 11 is 0. The van der Waals surface area contributed by atoms with Crippen LogP contribution in [-0.4, -0.2) is 36.7 Å². The van der Waals surface area contributed by atoms with Crippen molar-refractivity contribution in [3.8, 4) is 0 Å². The minimum absolute atomic E-state index is 0.246. The van der Waals surface area contributed by atoms with Gasteiger partial charge in [0.2, 0.25) is 10.0 Å². The maximum Gasteiger partial charge on any atom is 0.257 e. The first-order valence-electron chi connectivity index (χ1n) is 10.6. The Hall–Kier alpha value is -2.77. The maximum absolute atomic E-state index is 13.2. The number of carbonyl (C=O) groups excluding carboxylic acids is 1. The van der Waals surface area contributed by atoms with Gasteiger partial charge < -0.3 is 5.32 Å². The molecule has 0 unspecified atom stereocenters. The van der Waals surface area contributed by atoms with Gasteiger partial charge in [0.25, 0.3) is 5.91 Å². The van der Waals surface area contributed by atoms with E-state index in [4.69, 9.17) is 0 Å². The van der Waals surface area contributed by atoms with Gasteiger partial charge in [0.05, 0.1) is 21.7 Å². The summed E-state index contributed by atoms with van der Waals surface area (Å²) in [7, 11) is -3.59. The van der Waals surface area contributed by atoms with Gasteiger partial charge in [-0.2, -0.15) is 4.31 Å². The first-order chi connectivity index (χ1) is 14.8. The molecule has 2 aromatic carbocycles. The highest BCUT2D eigenvalue weighted by atomic mass is 32.2. The normalized spacial score (nSPS) is 15.2. The molecule has 0 saturated carbocycles. The lowest BCUT2D eigenvalue weighted by Crippen LogP contribution is -2.36. The lowest BCUT2D eigenvalue weighted by atomic mass is 10.1. The first kappa shape index (κ1) is 21.5. The molecular weight excluding hydrogens is 410 g/mol. The van der Waals surface area contributed by atoms with E-state index in [9.17, 15) is 13.2 Å². The molecule has 31 heavy (non-hydrogen) atoms. The molecule has 1 aromatic heterocycles. The maximum atomic E-state index is 13.2. The smallest absolute Gasteiger partial charge is 0.257 e. The lowest BCUT2D eigenvalue weighted by Gasteiger charge is -2.26. The van der Waals surface area contributed by atoms with Crippen molar-refractivity contribution < 1.29 is 13.2 Å². The largest absolute Gasteiger partial charge is 0.322 e. The monoisotopic (exact) mass is 437 g/mol. The number of aromatic nitrogens is 1. The Bertz CT molecular complexity index is 1260. The number of anilines is 1. The van der Waals surface area contributed by atoms with E-state index >= 15 is 0 Å². The standard InChI is InChI=1S/C24H27N3O3S/c1-16-7-10-22-19(13-16)14-21(18(3)25-22)24(28)26-20-9-8-17(2)23(15-20)31(29,30)27-11-5-4-6-12-27/h7-10,13-15H,4-6,11-12H2,1-3H3,(H,26,28). The quantitative estimate of drug-likeness (QED) is 0.648. The van der Waals surface area contributed by atoms with Gasteiger partial charge >= 0.3 is 0 Å². The average molecular weight is 438 g/mol. The van der Waals surface area contributed by atoms with Crippen LogP contribution < -0.4 is 5.32 Å². The van der Waals surface area contributed by atoms with Crippen LogP contribution in [0.25, 0.3) is 10.9 Å². The van der Waals surface area contributed by atoms with Crippen molar-refractivity contribution in [1.82, 2.24) is 9.29 Å². The topological polar surface area (TPSA) is 79.4 Å². The summed E-state index contributed by atoms with van der Waals surface area (Å²) in [5.74, 6) is -0.307. The molecule has 162 valence electrons. The molecule has 7 heteroatoms. The fourth-order valence-corrected chi connectivity index (χ4v) is 5.79. The van der Waals surface area contributed by atoms with Crippen molar-refractivity contribution in [3.05, 3.63) is 64.8 Å². The lowest BCUT2D eigenvalue weighted by molar-refractivity contribution is 0.102. The SMILES string of the molecule is Cc1ccc2nc(C)c(C(=O)Nc3ccc(C)c(S(=O)(=O)N4CCCCC4)c3)cc2c1. The van der Waals surface area contributed by atoms with E-state index in [0.29, 0.717) is 35.6 Å². The predicted octanol–water partition coefficient (Wildman–Crippen LogP) is 4.59. The molecule has 0 atom stereocenters. The molecule has 0 radical (unpaired) electrons. The number of piperidine rings is 1. The Morgan fingerprint density at radius 3 is 2.45 bits per heavy atom. The fraction of sp³-hybridized carbons (Fsp3) is 0.333. The molecule has 0 bridgehead atoms. The minimum atomic E-state index is -3.59. The zero-order valence-electron chi connectivity index (χ0n) is 18.1. The number of sulfonamides is 1. The van der Waals surface area contributed by atoms with E-state index in [-0.39, 0.29) is 10.8 Å². The molecule has 0 spiro atoms. The van der Waals surface area contributed by atoms with Crippen LogP contribution in [0.4, 0.5) is 5.69 Å². The van der Waals surface area contributed by atoms with Crippen LogP contribution in [0.5, 0.6) is 0 Å². The molecule has 3 aromatic rings. The molecule has 1 N–H and O–H groups in total. The third kappa shape index (κ3) is 4.34. The van der Waals surface area contributed by atoms with Gasteiger partial charge in [0.1, 0.15) is 0 Å². The summed E-state index contributed by atoms with van der Waals surface area (Å²) < 4.78 is 27.8. The van der Waals surface area contributed by atoms with Crippen molar-refractivity contribution in [1.29, 1.82) is 0 Å². The third-order valence-corrected chi connectivity index (χ3v) is 7.82. The number of hydrogen-bond donors (Lipinski definition) is 1. The first-order valence-corrected chi connectivity index (χ1v) is 12.0. The molecule has 1 aliphatic rings. The van der Waals surface area contributed by atoms with Crippen molar-refractivity contribution in [3.63, 3.8) is 0 Å². The van der Waals surface area contributed by atoms with E-state index in [1.54, 1.807) is 36.4 Å².